The van der Waals surface area contributed by atoms with E-state index in [2.05, 4.69) is 24.1 Å². The molecule has 1 saturated carbocycles. The molecule has 0 aromatic heterocycles. The second-order valence-corrected chi connectivity index (χ2v) is 7.09. The molecule has 6 heteroatoms. The minimum Gasteiger partial charge on any atom is -0.335 e. The van der Waals surface area contributed by atoms with Crippen molar-refractivity contribution in [3.8, 4) is 0 Å². The minimum absolute atomic E-state index is 0.00610. The Morgan fingerprint density at radius 1 is 1.42 bits per heavy atom. The second kappa shape index (κ2) is 7.28. The number of nitrogens with zero attached hydrogens (tertiary/aromatic N) is 2. The van der Waals surface area contributed by atoms with Gasteiger partial charge in [0.2, 0.25) is 0 Å². The Labute approximate surface area is 147 Å². The third kappa shape index (κ3) is 3.67. The number of benzene rings is 1. The molecule has 1 N–H and O–H groups in total. The van der Waals surface area contributed by atoms with Crippen LogP contribution in [0.5, 0.6) is 0 Å². The maximum Gasteiger partial charge on any atom is 0.317 e. The minimum atomic E-state index is -0.396. The summed E-state index contributed by atoms with van der Waals surface area (Å²) in [6.45, 7) is 7.95. The number of carbonyl (C=O) groups is 1. The molecule has 3 atom stereocenters. The van der Waals surface area contributed by atoms with E-state index in [4.69, 9.17) is 11.6 Å². The van der Waals surface area contributed by atoms with Crippen LogP contribution in [0.1, 0.15) is 38.2 Å². The molecule has 1 unspecified atom stereocenters. The predicted molar refractivity (Wildman–Crippen MR) is 94.0 cm³/mol. The number of hydrogen-bond acceptors (Lipinski definition) is 2. The average molecular weight is 354 g/mol. The fourth-order valence-corrected chi connectivity index (χ4v) is 3.80. The van der Waals surface area contributed by atoms with Crippen LogP contribution in [0.25, 0.3) is 0 Å². The number of amides is 2. The normalized spacial score (nSPS) is 26.0. The smallest absolute Gasteiger partial charge is 0.317 e. The quantitative estimate of drug-likeness (QED) is 0.879. The van der Waals surface area contributed by atoms with Gasteiger partial charge in [0.25, 0.3) is 0 Å². The Bertz CT molecular complexity index is 608. The third-order valence-corrected chi connectivity index (χ3v) is 5.56. The lowest BCUT2D eigenvalue weighted by Crippen LogP contribution is -2.43. The lowest BCUT2D eigenvalue weighted by molar-refractivity contribution is 0.192. The van der Waals surface area contributed by atoms with Gasteiger partial charge in [-0.05, 0) is 43.6 Å². The molecule has 1 aliphatic carbocycles. The summed E-state index contributed by atoms with van der Waals surface area (Å²) >= 11 is 5.72. The predicted octanol–water partition coefficient (Wildman–Crippen LogP) is 3.46. The van der Waals surface area contributed by atoms with E-state index in [1.54, 1.807) is 6.07 Å². The van der Waals surface area contributed by atoms with Gasteiger partial charge in [0.15, 0.2) is 0 Å². The highest BCUT2D eigenvalue weighted by Gasteiger charge is 2.41. The Morgan fingerprint density at radius 2 is 2.17 bits per heavy atom. The van der Waals surface area contributed by atoms with Crippen LogP contribution in [0, 0.1) is 5.82 Å². The van der Waals surface area contributed by atoms with Crippen molar-refractivity contribution in [1.82, 2.24) is 15.1 Å². The molecule has 0 bridgehead atoms. The van der Waals surface area contributed by atoms with Gasteiger partial charge in [-0.25, -0.2) is 9.18 Å². The van der Waals surface area contributed by atoms with Crippen molar-refractivity contribution in [2.45, 2.75) is 44.7 Å². The Balaban J connectivity index is 1.51. The molecule has 4 nitrogen and oxygen atoms in total. The first-order valence-electron chi connectivity index (χ1n) is 8.77. The molecule has 3 rings (SSSR count). The van der Waals surface area contributed by atoms with E-state index < -0.39 is 5.82 Å². The van der Waals surface area contributed by atoms with E-state index in [-0.39, 0.29) is 23.0 Å². The number of hydrogen-bond donors (Lipinski definition) is 1. The molecule has 2 aliphatic rings. The topological polar surface area (TPSA) is 35.6 Å². The summed E-state index contributed by atoms with van der Waals surface area (Å²) in [4.78, 5) is 16.7. The molecule has 1 saturated heterocycles. The van der Waals surface area contributed by atoms with Crippen LogP contribution >= 0.6 is 11.6 Å². The van der Waals surface area contributed by atoms with E-state index >= 15 is 0 Å². The Kier molecular flexibility index (Phi) is 5.30. The van der Waals surface area contributed by atoms with Crippen LogP contribution in [-0.2, 0) is 0 Å². The number of carbonyl (C=O) groups excluding carboxylic acids is 1. The van der Waals surface area contributed by atoms with Crippen LogP contribution in [0.15, 0.2) is 18.2 Å². The van der Waals surface area contributed by atoms with E-state index in [0.717, 1.165) is 44.6 Å². The Morgan fingerprint density at radius 3 is 2.83 bits per heavy atom. The van der Waals surface area contributed by atoms with Crippen molar-refractivity contribution in [1.29, 1.82) is 0 Å². The van der Waals surface area contributed by atoms with Crippen LogP contribution < -0.4 is 5.32 Å². The summed E-state index contributed by atoms with van der Waals surface area (Å²) < 4.78 is 13.6. The Hall–Kier alpha value is -1.33. The molecule has 2 fully saturated rings. The van der Waals surface area contributed by atoms with Crippen molar-refractivity contribution in [3.63, 3.8) is 0 Å². The molecule has 1 aromatic carbocycles. The lowest BCUT2D eigenvalue weighted by atomic mass is 10.1. The van der Waals surface area contributed by atoms with Gasteiger partial charge in [-0.1, -0.05) is 31.5 Å². The molecule has 24 heavy (non-hydrogen) atoms. The highest BCUT2D eigenvalue weighted by Crippen LogP contribution is 2.41. The molecular formula is C18H25ClFN3O. The van der Waals surface area contributed by atoms with Gasteiger partial charge >= 0.3 is 6.03 Å². The average Bonchev–Trinajstić information content (AvgIpc) is 3.15. The van der Waals surface area contributed by atoms with E-state index in [0.29, 0.717) is 6.04 Å². The summed E-state index contributed by atoms with van der Waals surface area (Å²) in [5.74, 6) is -0.199. The van der Waals surface area contributed by atoms with Crippen molar-refractivity contribution < 1.29 is 9.18 Å². The van der Waals surface area contributed by atoms with Crippen LogP contribution in [0.2, 0.25) is 5.02 Å². The number of likely N-dealkylation sites (N-methyl/N-ethyl adjacent to an activating group) is 1. The standard InChI is InChI=1S/C18H25ClFN3O/c1-3-22(4-2)13-7-8-23(11-13)18(24)21-17-10-14(17)12-5-6-15(19)16(20)9-12/h5-6,9,13-14,17H,3-4,7-8,10-11H2,1-2H3,(H,21,24)/t13?,14-,17+/m0/s1. The third-order valence-electron chi connectivity index (χ3n) is 5.25. The van der Waals surface area contributed by atoms with E-state index in [1.165, 1.54) is 6.07 Å². The molecule has 1 aromatic rings. The van der Waals surface area contributed by atoms with Crippen LogP contribution in [0.4, 0.5) is 9.18 Å². The maximum absolute atomic E-state index is 13.6. The van der Waals surface area contributed by atoms with E-state index in [9.17, 15) is 9.18 Å². The molecule has 1 heterocycles. The fourth-order valence-electron chi connectivity index (χ4n) is 3.68. The van der Waals surface area contributed by atoms with Crippen molar-refractivity contribution in [2.75, 3.05) is 26.2 Å². The van der Waals surface area contributed by atoms with Crippen molar-refractivity contribution in [2.24, 2.45) is 0 Å². The van der Waals surface area contributed by atoms with Gasteiger partial charge in [0.05, 0.1) is 5.02 Å². The summed E-state index contributed by atoms with van der Waals surface area (Å²) in [7, 11) is 0. The second-order valence-electron chi connectivity index (χ2n) is 6.68. The summed E-state index contributed by atoms with van der Waals surface area (Å²) in [6, 6.07) is 5.47. The monoisotopic (exact) mass is 353 g/mol. The van der Waals surface area contributed by atoms with Crippen molar-refractivity contribution in [3.05, 3.63) is 34.6 Å². The molecule has 132 valence electrons. The number of likely N-dealkylation sites (tertiary alicyclic amines) is 1. The van der Waals surface area contributed by atoms with Crippen LogP contribution in [-0.4, -0.2) is 54.1 Å². The summed E-state index contributed by atoms with van der Waals surface area (Å²) in [6.07, 6.45) is 1.89. The molecule has 0 radical (unpaired) electrons. The molecule has 1 aliphatic heterocycles. The van der Waals surface area contributed by atoms with E-state index in [1.807, 2.05) is 11.0 Å². The zero-order valence-electron chi connectivity index (χ0n) is 14.3. The van der Waals surface area contributed by atoms with Gasteiger partial charge in [-0.2, -0.15) is 0 Å². The number of nitrogens with one attached hydrogen (secondary N) is 1. The molecule has 0 spiro atoms. The van der Waals surface area contributed by atoms with Crippen molar-refractivity contribution >= 4 is 17.6 Å². The molecular weight excluding hydrogens is 329 g/mol. The largest absolute Gasteiger partial charge is 0.335 e. The highest BCUT2D eigenvalue weighted by molar-refractivity contribution is 6.30. The van der Waals surface area contributed by atoms with Gasteiger partial charge in [0, 0.05) is 31.1 Å². The number of urea groups is 1. The zero-order valence-corrected chi connectivity index (χ0v) is 15.0. The van der Waals surface area contributed by atoms with Gasteiger partial charge < -0.3 is 10.2 Å². The zero-order chi connectivity index (χ0) is 17.3. The van der Waals surface area contributed by atoms with Gasteiger partial charge in [0.1, 0.15) is 5.82 Å². The van der Waals surface area contributed by atoms with Gasteiger partial charge in [-0.15, -0.1) is 0 Å². The number of halogens is 2. The SMILES string of the molecule is CCN(CC)C1CCN(C(=O)N[C@@H]2C[C@H]2c2ccc(Cl)c(F)c2)C1. The van der Waals surface area contributed by atoms with Crippen LogP contribution in [0.3, 0.4) is 0 Å². The number of rotatable bonds is 5. The highest BCUT2D eigenvalue weighted by atomic mass is 35.5. The van der Waals surface area contributed by atoms with Gasteiger partial charge in [-0.3, -0.25) is 4.90 Å². The first kappa shape index (κ1) is 17.5. The summed E-state index contributed by atoms with van der Waals surface area (Å²) in [5, 5.41) is 3.23. The first-order chi connectivity index (χ1) is 11.5. The first-order valence-corrected chi connectivity index (χ1v) is 9.15. The maximum atomic E-state index is 13.6. The summed E-state index contributed by atoms with van der Waals surface area (Å²) in [5.41, 5.74) is 0.907. The lowest BCUT2D eigenvalue weighted by Gasteiger charge is -2.26. The fraction of sp³-hybridized carbons (Fsp3) is 0.611. The molecule has 2 amide bonds.